The summed E-state index contributed by atoms with van der Waals surface area (Å²) in [6.07, 6.45) is 6.62. The van der Waals surface area contributed by atoms with Crippen LogP contribution in [0.1, 0.15) is 30.4 Å². The van der Waals surface area contributed by atoms with Gasteiger partial charge in [0.25, 0.3) is 0 Å². The Morgan fingerprint density at radius 3 is 2.57 bits per heavy atom. The van der Waals surface area contributed by atoms with Crippen LogP contribution in [0, 0.1) is 19.8 Å². The Hall–Kier alpha value is -1.66. The maximum atomic E-state index is 12.3. The fourth-order valence-corrected chi connectivity index (χ4v) is 3.63. The first-order chi connectivity index (χ1) is 10.7. The highest BCUT2D eigenvalue weighted by atomic mass is 32.2. The first kappa shape index (κ1) is 17.7. The molecule has 2 rings (SSSR count). The number of amides is 1. The third kappa shape index (κ3) is 4.00. The predicted molar refractivity (Wildman–Crippen MR) is 91.9 cm³/mol. The van der Waals surface area contributed by atoms with Crippen molar-refractivity contribution in [1.29, 1.82) is 0 Å². The molecule has 6 heteroatoms. The van der Waals surface area contributed by atoms with Crippen molar-refractivity contribution in [3.05, 3.63) is 35.4 Å². The summed E-state index contributed by atoms with van der Waals surface area (Å²) < 4.78 is 25.8. The molecule has 1 atom stereocenters. The van der Waals surface area contributed by atoms with Gasteiger partial charge in [-0.15, -0.1) is 0 Å². The van der Waals surface area contributed by atoms with Crippen LogP contribution in [0.25, 0.3) is 0 Å². The zero-order chi connectivity index (χ0) is 17.2. The maximum absolute atomic E-state index is 12.3. The van der Waals surface area contributed by atoms with E-state index in [0.717, 1.165) is 24.0 Å². The lowest BCUT2D eigenvalue weighted by Crippen LogP contribution is -2.23. The van der Waals surface area contributed by atoms with E-state index in [0.29, 0.717) is 12.1 Å². The molecule has 1 N–H and O–H groups in total. The fourth-order valence-electron chi connectivity index (χ4n) is 2.62. The number of benzene rings is 1. The number of nitrogens with one attached hydrogen (secondary N) is 1. The fraction of sp³-hybridized carbons (Fsp3) is 0.471. The van der Waals surface area contributed by atoms with Gasteiger partial charge in [0.15, 0.2) is 0 Å². The molecule has 0 radical (unpaired) electrons. The van der Waals surface area contributed by atoms with E-state index < -0.39 is 10.0 Å². The van der Waals surface area contributed by atoms with Crippen molar-refractivity contribution >= 4 is 21.6 Å². The van der Waals surface area contributed by atoms with E-state index in [1.807, 2.05) is 13.8 Å². The average molecular weight is 336 g/mol. The van der Waals surface area contributed by atoms with Crippen molar-refractivity contribution in [2.24, 2.45) is 5.92 Å². The number of nitrogens with zero attached hydrogens (tertiary/aromatic N) is 1. The van der Waals surface area contributed by atoms with Gasteiger partial charge in [0.1, 0.15) is 0 Å². The van der Waals surface area contributed by atoms with Crippen LogP contribution in [0.5, 0.6) is 0 Å². The van der Waals surface area contributed by atoms with Crippen molar-refractivity contribution in [3.8, 4) is 0 Å². The van der Waals surface area contributed by atoms with Crippen molar-refractivity contribution in [2.45, 2.75) is 38.0 Å². The number of hydrogen-bond acceptors (Lipinski definition) is 3. The summed E-state index contributed by atoms with van der Waals surface area (Å²) in [6, 6.07) is 3.18. The van der Waals surface area contributed by atoms with Gasteiger partial charge in [0, 0.05) is 26.2 Å². The van der Waals surface area contributed by atoms with Crippen LogP contribution in [0.3, 0.4) is 0 Å². The standard InChI is InChI=1S/C17H24N2O3S/c1-12-9-15(23(21,22)19(3)4)11-16(13(12)2)18-17(20)10-14-7-5-6-8-14/h5,7,9,11,14H,6,8,10H2,1-4H3,(H,18,20). The van der Waals surface area contributed by atoms with Gasteiger partial charge in [-0.3, -0.25) is 4.79 Å². The second kappa shape index (κ2) is 6.84. The summed E-state index contributed by atoms with van der Waals surface area (Å²) in [5, 5.41) is 2.87. The molecule has 1 aliphatic rings. The molecule has 1 amide bonds. The Balaban J connectivity index is 2.25. The van der Waals surface area contributed by atoms with E-state index >= 15 is 0 Å². The number of carbonyl (C=O) groups excluding carboxylic acids is 1. The molecule has 0 aliphatic heterocycles. The van der Waals surface area contributed by atoms with Crippen LogP contribution in [0.4, 0.5) is 5.69 Å². The predicted octanol–water partition coefficient (Wildman–Crippen LogP) is 2.85. The molecule has 1 aromatic carbocycles. The number of allylic oxidation sites excluding steroid dienone is 2. The Morgan fingerprint density at radius 1 is 1.30 bits per heavy atom. The van der Waals surface area contributed by atoms with E-state index in [4.69, 9.17) is 0 Å². The molecule has 23 heavy (non-hydrogen) atoms. The van der Waals surface area contributed by atoms with E-state index in [-0.39, 0.29) is 16.7 Å². The lowest BCUT2D eigenvalue weighted by atomic mass is 10.0. The van der Waals surface area contributed by atoms with Crippen molar-refractivity contribution in [1.82, 2.24) is 4.31 Å². The second-order valence-electron chi connectivity index (χ2n) is 6.22. The number of sulfonamides is 1. The Labute approximate surface area is 138 Å². The van der Waals surface area contributed by atoms with E-state index in [9.17, 15) is 13.2 Å². The van der Waals surface area contributed by atoms with E-state index in [1.54, 1.807) is 12.1 Å². The zero-order valence-electron chi connectivity index (χ0n) is 14.1. The molecule has 1 aliphatic carbocycles. The van der Waals surface area contributed by atoms with E-state index in [1.165, 1.54) is 18.4 Å². The van der Waals surface area contributed by atoms with E-state index in [2.05, 4.69) is 17.5 Å². The molecular weight excluding hydrogens is 312 g/mol. The molecule has 1 unspecified atom stereocenters. The quantitative estimate of drug-likeness (QED) is 0.841. The summed E-state index contributed by atoms with van der Waals surface area (Å²) >= 11 is 0. The summed E-state index contributed by atoms with van der Waals surface area (Å²) in [5.74, 6) is 0.202. The van der Waals surface area contributed by atoms with Gasteiger partial charge in [-0.25, -0.2) is 12.7 Å². The largest absolute Gasteiger partial charge is 0.326 e. The highest BCUT2D eigenvalue weighted by Crippen LogP contribution is 2.27. The molecule has 0 saturated heterocycles. The van der Waals surface area contributed by atoms with Gasteiger partial charge in [0.2, 0.25) is 15.9 Å². The van der Waals surface area contributed by atoms with Gasteiger partial charge in [0.05, 0.1) is 4.90 Å². The van der Waals surface area contributed by atoms with Crippen LogP contribution in [0.2, 0.25) is 0 Å². The van der Waals surface area contributed by atoms with Crippen LogP contribution in [-0.4, -0.2) is 32.7 Å². The molecule has 5 nitrogen and oxygen atoms in total. The molecule has 1 aromatic rings. The third-order valence-electron chi connectivity index (χ3n) is 4.25. The van der Waals surface area contributed by atoms with Crippen molar-refractivity contribution < 1.29 is 13.2 Å². The number of hydrogen-bond donors (Lipinski definition) is 1. The lowest BCUT2D eigenvalue weighted by Gasteiger charge is -2.17. The van der Waals surface area contributed by atoms with Crippen LogP contribution in [-0.2, 0) is 14.8 Å². The Bertz CT molecular complexity index is 736. The van der Waals surface area contributed by atoms with Crippen LogP contribution >= 0.6 is 0 Å². The molecular formula is C17H24N2O3S. The monoisotopic (exact) mass is 336 g/mol. The third-order valence-corrected chi connectivity index (χ3v) is 6.05. The first-order valence-electron chi connectivity index (χ1n) is 7.72. The minimum atomic E-state index is -3.53. The molecule has 0 fully saturated rings. The highest BCUT2D eigenvalue weighted by Gasteiger charge is 2.21. The number of aryl methyl sites for hydroxylation is 1. The summed E-state index contributed by atoms with van der Waals surface area (Å²) in [4.78, 5) is 12.4. The molecule has 0 saturated carbocycles. The number of anilines is 1. The van der Waals surface area contributed by atoms with Gasteiger partial charge >= 0.3 is 0 Å². The lowest BCUT2D eigenvalue weighted by molar-refractivity contribution is -0.116. The molecule has 0 spiro atoms. The normalized spacial score (nSPS) is 17.7. The van der Waals surface area contributed by atoms with Gasteiger partial charge < -0.3 is 5.32 Å². The van der Waals surface area contributed by atoms with Crippen LogP contribution in [0.15, 0.2) is 29.2 Å². The molecule has 0 aromatic heterocycles. The topological polar surface area (TPSA) is 66.5 Å². The minimum absolute atomic E-state index is 0.0801. The zero-order valence-corrected chi connectivity index (χ0v) is 14.9. The maximum Gasteiger partial charge on any atom is 0.242 e. The molecule has 0 bridgehead atoms. The summed E-state index contributed by atoms with van der Waals surface area (Å²) in [5.41, 5.74) is 2.29. The van der Waals surface area contributed by atoms with Gasteiger partial charge in [-0.05, 0) is 55.9 Å². The number of rotatable bonds is 5. The van der Waals surface area contributed by atoms with Crippen molar-refractivity contribution in [3.63, 3.8) is 0 Å². The van der Waals surface area contributed by atoms with Crippen molar-refractivity contribution in [2.75, 3.05) is 19.4 Å². The molecule has 126 valence electrons. The summed E-state index contributed by atoms with van der Waals surface area (Å²) in [7, 11) is -0.535. The Morgan fingerprint density at radius 2 is 2.00 bits per heavy atom. The van der Waals surface area contributed by atoms with Gasteiger partial charge in [-0.1, -0.05) is 12.2 Å². The second-order valence-corrected chi connectivity index (χ2v) is 8.37. The summed E-state index contributed by atoms with van der Waals surface area (Å²) in [6.45, 7) is 3.73. The smallest absolute Gasteiger partial charge is 0.242 e. The minimum Gasteiger partial charge on any atom is -0.326 e. The highest BCUT2D eigenvalue weighted by molar-refractivity contribution is 7.89. The SMILES string of the molecule is Cc1cc(S(=O)(=O)N(C)C)cc(NC(=O)CC2C=CCC2)c1C. The van der Waals surface area contributed by atoms with Crippen LogP contribution < -0.4 is 5.32 Å². The molecule has 0 heterocycles. The average Bonchev–Trinajstić information content (AvgIpc) is 2.96. The number of carbonyl (C=O) groups is 1. The Kier molecular flexibility index (Phi) is 5.26. The van der Waals surface area contributed by atoms with Gasteiger partial charge in [-0.2, -0.15) is 0 Å². The first-order valence-corrected chi connectivity index (χ1v) is 9.16.